The van der Waals surface area contributed by atoms with E-state index in [9.17, 15) is 18.0 Å². The molecule has 2 nitrogen and oxygen atoms in total. The average Bonchev–Trinajstić information content (AvgIpc) is 2.46. The van der Waals surface area contributed by atoms with Gasteiger partial charge in [0, 0.05) is 0 Å². The average molecular weight is 293 g/mol. The molecule has 0 bridgehead atoms. The highest BCUT2D eigenvalue weighted by Gasteiger charge is 2.27. The molecule has 0 fully saturated rings. The van der Waals surface area contributed by atoms with Gasteiger partial charge in [0.25, 0.3) is 0 Å². The van der Waals surface area contributed by atoms with Crippen LogP contribution in [0, 0.1) is 0 Å². The summed E-state index contributed by atoms with van der Waals surface area (Å²) in [6.45, 7) is -1.30. The summed E-state index contributed by atoms with van der Waals surface area (Å²) in [5, 5.41) is 1.85. The van der Waals surface area contributed by atoms with E-state index in [-0.39, 0.29) is 6.42 Å². The predicted octanol–water partition coefficient (Wildman–Crippen LogP) is 3.57. The van der Waals surface area contributed by atoms with Crippen LogP contribution in [0.15, 0.2) is 54.6 Å². The van der Waals surface area contributed by atoms with Crippen LogP contribution >= 0.6 is 0 Å². The summed E-state index contributed by atoms with van der Waals surface area (Å²) >= 11 is 0. The number of alkyl halides is 3. The van der Waals surface area contributed by atoms with Gasteiger partial charge in [-0.05, 0) is 16.7 Å². The lowest BCUT2D eigenvalue weighted by molar-refractivity contribution is -0.138. The number of rotatable bonds is 4. The highest BCUT2D eigenvalue weighted by Crippen LogP contribution is 2.19. The highest BCUT2D eigenvalue weighted by atomic mass is 19.4. The number of hydrogen-bond donors (Lipinski definition) is 1. The van der Waals surface area contributed by atoms with Crippen molar-refractivity contribution in [1.29, 1.82) is 0 Å². The van der Waals surface area contributed by atoms with Gasteiger partial charge in [-0.3, -0.25) is 4.79 Å². The Morgan fingerprint density at radius 3 is 2.05 bits per heavy atom. The maximum absolute atomic E-state index is 12.0. The molecule has 1 amide bonds. The van der Waals surface area contributed by atoms with Crippen LogP contribution in [0.5, 0.6) is 0 Å². The SMILES string of the molecule is O=C(Cc1ccc(-c2ccccc2)cc1)NCC(F)(F)F. The molecule has 5 heteroatoms. The molecule has 0 radical (unpaired) electrons. The van der Waals surface area contributed by atoms with E-state index in [1.165, 1.54) is 0 Å². The van der Waals surface area contributed by atoms with Gasteiger partial charge in [-0.2, -0.15) is 13.2 Å². The molecule has 0 atom stereocenters. The van der Waals surface area contributed by atoms with Crippen molar-refractivity contribution < 1.29 is 18.0 Å². The first-order chi connectivity index (χ1) is 9.94. The van der Waals surface area contributed by atoms with Crippen LogP contribution in [-0.2, 0) is 11.2 Å². The predicted molar refractivity (Wildman–Crippen MR) is 74.6 cm³/mol. The highest BCUT2D eigenvalue weighted by molar-refractivity contribution is 5.78. The van der Waals surface area contributed by atoms with Gasteiger partial charge in [-0.25, -0.2) is 0 Å². The van der Waals surface area contributed by atoms with E-state index in [1.54, 1.807) is 12.1 Å². The molecule has 2 aromatic carbocycles. The van der Waals surface area contributed by atoms with Crippen molar-refractivity contribution >= 4 is 5.91 Å². The fourth-order valence-electron chi connectivity index (χ4n) is 1.89. The van der Waals surface area contributed by atoms with E-state index in [0.717, 1.165) is 11.1 Å². The lowest BCUT2D eigenvalue weighted by atomic mass is 10.0. The molecule has 0 unspecified atom stereocenters. The van der Waals surface area contributed by atoms with E-state index in [0.29, 0.717) is 5.56 Å². The second kappa shape index (κ2) is 6.43. The quantitative estimate of drug-likeness (QED) is 0.917. The standard InChI is InChI=1S/C16H14F3NO/c17-16(18,19)11-20-15(21)10-12-6-8-14(9-7-12)13-4-2-1-3-5-13/h1-9H,10-11H2,(H,20,21). The van der Waals surface area contributed by atoms with Gasteiger partial charge in [-0.15, -0.1) is 0 Å². The summed E-state index contributed by atoms with van der Waals surface area (Å²) in [5.41, 5.74) is 2.72. The minimum atomic E-state index is -4.38. The van der Waals surface area contributed by atoms with Gasteiger partial charge >= 0.3 is 6.18 Å². The third-order valence-electron chi connectivity index (χ3n) is 2.91. The molecule has 0 heterocycles. The Balaban J connectivity index is 1.95. The monoisotopic (exact) mass is 293 g/mol. The molecule has 21 heavy (non-hydrogen) atoms. The molecular weight excluding hydrogens is 279 g/mol. The van der Waals surface area contributed by atoms with Crippen LogP contribution < -0.4 is 5.32 Å². The normalized spacial score (nSPS) is 11.2. The molecule has 110 valence electrons. The molecule has 2 rings (SSSR count). The largest absolute Gasteiger partial charge is 0.405 e. The molecule has 0 aliphatic rings. The Morgan fingerprint density at radius 2 is 1.48 bits per heavy atom. The summed E-state index contributed by atoms with van der Waals surface area (Å²) < 4.78 is 35.9. The summed E-state index contributed by atoms with van der Waals surface area (Å²) in [5.74, 6) is -0.639. The molecule has 1 N–H and O–H groups in total. The first-order valence-corrected chi connectivity index (χ1v) is 6.42. The van der Waals surface area contributed by atoms with Crippen molar-refractivity contribution in [2.24, 2.45) is 0 Å². The van der Waals surface area contributed by atoms with Gasteiger partial charge in [0.2, 0.25) is 5.91 Å². The Kier molecular flexibility index (Phi) is 4.62. The van der Waals surface area contributed by atoms with E-state index in [1.807, 2.05) is 47.8 Å². The molecule has 2 aromatic rings. The molecule has 0 spiro atoms. The third kappa shape index (κ3) is 4.95. The van der Waals surface area contributed by atoms with Crippen molar-refractivity contribution in [3.63, 3.8) is 0 Å². The molecule has 0 aromatic heterocycles. The zero-order chi connectivity index (χ0) is 15.3. The van der Waals surface area contributed by atoms with Crippen molar-refractivity contribution in [2.45, 2.75) is 12.6 Å². The lowest BCUT2D eigenvalue weighted by Gasteiger charge is -2.08. The van der Waals surface area contributed by atoms with Crippen LogP contribution in [0.25, 0.3) is 11.1 Å². The number of carbonyl (C=O) groups is 1. The molecule has 0 saturated carbocycles. The Labute approximate surface area is 120 Å². The zero-order valence-corrected chi connectivity index (χ0v) is 11.2. The number of benzene rings is 2. The smallest absolute Gasteiger partial charge is 0.347 e. The lowest BCUT2D eigenvalue weighted by Crippen LogP contribution is -2.34. The van der Waals surface area contributed by atoms with Crippen molar-refractivity contribution in [3.8, 4) is 11.1 Å². The van der Waals surface area contributed by atoms with Crippen LogP contribution in [0.1, 0.15) is 5.56 Å². The molecule has 0 saturated heterocycles. The van der Waals surface area contributed by atoms with E-state index >= 15 is 0 Å². The number of amides is 1. The minimum Gasteiger partial charge on any atom is -0.347 e. The van der Waals surface area contributed by atoms with Gasteiger partial charge in [0.1, 0.15) is 6.54 Å². The molecular formula is C16H14F3NO. The number of nitrogens with one attached hydrogen (secondary N) is 1. The summed E-state index contributed by atoms with van der Waals surface area (Å²) in [4.78, 5) is 11.4. The Bertz CT molecular complexity index is 591. The summed E-state index contributed by atoms with van der Waals surface area (Å²) in [6.07, 6.45) is -4.45. The second-order valence-electron chi connectivity index (χ2n) is 4.63. The topological polar surface area (TPSA) is 29.1 Å². The second-order valence-corrected chi connectivity index (χ2v) is 4.63. The first kappa shape index (κ1) is 15.1. The van der Waals surface area contributed by atoms with Gasteiger partial charge < -0.3 is 5.32 Å². The van der Waals surface area contributed by atoms with E-state index in [2.05, 4.69) is 0 Å². The Hall–Kier alpha value is -2.30. The maximum Gasteiger partial charge on any atom is 0.405 e. The summed E-state index contributed by atoms with van der Waals surface area (Å²) in [6, 6.07) is 16.9. The Morgan fingerprint density at radius 1 is 0.905 bits per heavy atom. The van der Waals surface area contributed by atoms with Crippen LogP contribution in [-0.4, -0.2) is 18.6 Å². The molecule has 0 aliphatic carbocycles. The zero-order valence-electron chi connectivity index (χ0n) is 11.2. The number of hydrogen-bond acceptors (Lipinski definition) is 1. The number of carbonyl (C=O) groups excluding carboxylic acids is 1. The third-order valence-corrected chi connectivity index (χ3v) is 2.91. The van der Waals surface area contributed by atoms with Crippen molar-refractivity contribution in [3.05, 3.63) is 60.2 Å². The van der Waals surface area contributed by atoms with Crippen molar-refractivity contribution in [1.82, 2.24) is 5.32 Å². The van der Waals surface area contributed by atoms with Gasteiger partial charge in [0.15, 0.2) is 0 Å². The van der Waals surface area contributed by atoms with Crippen LogP contribution in [0.4, 0.5) is 13.2 Å². The fourth-order valence-corrected chi connectivity index (χ4v) is 1.89. The van der Waals surface area contributed by atoms with Gasteiger partial charge in [-0.1, -0.05) is 54.6 Å². The van der Waals surface area contributed by atoms with Gasteiger partial charge in [0.05, 0.1) is 6.42 Å². The van der Waals surface area contributed by atoms with E-state index in [4.69, 9.17) is 0 Å². The fraction of sp³-hybridized carbons (Fsp3) is 0.188. The van der Waals surface area contributed by atoms with Crippen LogP contribution in [0.2, 0.25) is 0 Å². The van der Waals surface area contributed by atoms with E-state index < -0.39 is 18.6 Å². The first-order valence-electron chi connectivity index (χ1n) is 6.42. The van der Waals surface area contributed by atoms with Crippen molar-refractivity contribution in [2.75, 3.05) is 6.54 Å². The maximum atomic E-state index is 12.0. The molecule has 0 aliphatic heterocycles. The minimum absolute atomic E-state index is 0.0643. The number of halogens is 3. The summed E-state index contributed by atoms with van der Waals surface area (Å²) in [7, 11) is 0. The van der Waals surface area contributed by atoms with Crippen LogP contribution in [0.3, 0.4) is 0 Å².